The summed E-state index contributed by atoms with van der Waals surface area (Å²) in [6.45, 7) is 4.40. The molecule has 0 aliphatic rings. The van der Waals surface area contributed by atoms with Crippen LogP contribution in [0.4, 0.5) is 5.69 Å². The number of aromatic nitrogens is 2. The molecule has 0 atom stereocenters. The minimum absolute atomic E-state index is 0.385. The lowest BCUT2D eigenvalue weighted by Gasteiger charge is -2.08. The van der Waals surface area contributed by atoms with E-state index in [2.05, 4.69) is 5.10 Å². The van der Waals surface area contributed by atoms with Gasteiger partial charge in [0, 0.05) is 12.1 Å². The topological polar surface area (TPSA) is 96.2 Å². The molecule has 0 unspecified atom stereocenters. The van der Waals surface area contributed by atoms with Crippen LogP contribution in [0.25, 0.3) is 0 Å². The number of anilines is 1. The van der Waals surface area contributed by atoms with Crippen LogP contribution >= 0.6 is 0 Å². The maximum atomic E-state index is 11.1. The van der Waals surface area contributed by atoms with Crippen LogP contribution in [0.2, 0.25) is 0 Å². The molecule has 0 aliphatic carbocycles. The van der Waals surface area contributed by atoms with Gasteiger partial charge in [-0.25, -0.2) is 4.68 Å². The number of ether oxygens (including phenoxy) is 1. The minimum Gasteiger partial charge on any atom is -0.437 e. The first kappa shape index (κ1) is 12.9. The molecule has 2 rings (SSSR count). The van der Waals surface area contributed by atoms with Gasteiger partial charge < -0.3 is 16.2 Å². The van der Waals surface area contributed by atoms with Crippen LogP contribution in [0.15, 0.2) is 24.3 Å². The van der Waals surface area contributed by atoms with Crippen molar-refractivity contribution < 1.29 is 9.53 Å². The molecule has 4 N–H and O–H groups in total. The van der Waals surface area contributed by atoms with Crippen molar-refractivity contribution in [2.45, 2.75) is 20.4 Å². The molecule has 0 radical (unpaired) electrons. The van der Waals surface area contributed by atoms with Crippen LogP contribution in [0.1, 0.15) is 23.0 Å². The van der Waals surface area contributed by atoms with Gasteiger partial charge in [-0.05, 0) is 32.0 Å². The van der Waals surface area contributed by atoms with Crippen molar-refractivity contribution >= 4 is 11.6 Å². The fraction of sp³-hybridized carbons (Fsp3) is 0.231. The quantitative estimate of drug-likeness (QED) is 0.874. The van der Waals surface area contributed by atoms with Gasteiger partial charge in [0.25, 0.3) is 0 Å². The maximum absolute atomic E-state index is 11.1. The molecule has 6 nitrogen and oxygen atoms in total. The van der Waals surface area contributed by atoms with Crippen molar-refractivity contribution in [3.63, 3.8) is 0 Å². The van der Waals surface area contributed by atoms with Gasteiger partial charge in [0.1, 0.15) is 11.4 Å². The maximum Gasteiger partial charge on any atom is 0.248 e. The van der Waals surface area contributed by atoms with E-state index in [0.29, 0.717) is 35.1 Å². The molecule has 1 aromatic carbocycles. The molecular weight excluding hydrogens is 244 g/mol. The molecule has 19 heavy (non-hydrogen) atoms. The lowest BCUT2D eigenvalue weighted by Crippen LogP contribution is -2.10. The third-order valence-corrected chi connectivity index (χ3v) is 2.76. The van der Waals surface area contributed by atoms with Crippen LogP contribution in [0.3, 0.4) is 0 Å². The zero-order valence-corrected chi connectivity index (χ0v) is 10.9. The molecule has 0 bridgehead atoms. The first-order valence-electron chi connectivity index (χ1n) is 5.93. The number of nitrogen functional groups attached to an aromatic ring is 1. The van der Waals surface area contributed by atoms with E-state index in [0.717, 1.165) is 0 Å². The second kappa shape index (κ2) is 5.01. The van der Waals surface area contributed by atoms with Gasteiger partial charge >= 0.3 is 0 Å². The fourth-order valence-corrected chi connectivity index (χ4v) is 1.72. The van der Waals surface area contributed by atoms with Crippen molar-refractivity contribution in [1.82, 2.24) is 9.78 Å². The summed E-state index contributed by atoms with van der Waals surface area (Å²) in [5.74, 6) is 0.470. The lowest BCUT2D eigenvalue weighted by atomic mass is 10.2. The molecule has 6 heteroatoms. The largest absolute Gasteiger partial charge is 0.437 e. The zero-order chi connectivity index (χ0) is 14.0. The SMILES string of the molecule is CCn1nc(C)c(N)c1Oc1cccc(C(N)=O)c1. The van der Waals surface area contributed by atoms with Crippen LogP contribution in [0, 0.1) is 6.92 Å². The Labute approximate surface area is 111 Å². The van der Waals surface area contributed by atoms with Gasteiger partial charge in [-0.1, -0.05) is 6.07 Å². The summed E-state index contributed by atoms with van der Waals surface area (Å²) in [4.78, 5) is 11.1. The molecule has 1 aromatic heterocycles. The Bertz CT molecular complexity index is 619. The van der Waals surface area contributed by atoms with E-state index in [1.165, 1.54) is 0 Å². The summed E-state index contributed by atoms with van der Waals surface area (Å²) >= 11 is 0. The van der Waals surface area contributed by atoms with E-state index in [1.54, 1.807) is 28.9 Å². The number of rotatable bonds is 4. The summed E-state index contributed by atoms with van der Waals surface area (Å²) in [5, 5.41) is 4.26. The average molecular weight is 260 g/mol. The summed E-state index contributed by atoms with van der Waals surface area (Å²) in [5.41, 5.74) is 12.7. The van der Waals surface area contributed by atoms with Gasteiger partial charge in [-0.3, -0.25) is 4.79 Å². The van der Waals surface area contributed by atoms with Crippen molar-refractivity contribution in [2.75, 3.05) is 5.73 Å². The van der Waals surface area contributed by atoms with Gasteiger partial charge in [0.2, 0.25) is 11.8 Å². The van der Waals surface area contributed by atoms with Crippen molar-refractivity contribution in [1.29, 1.82) is 0 Å². The fourth-order valence-electron chi connectivity index (χ4n) is 1.72. The van der Waals surface area contributed by atoms with Crippen LogP contribution in [-0.2, 0) is 6.54 Å². The van der Waals surface area contributed by atoms with Crippen molar-refractivity contribution in [2.24, 2.45) is 5.73 Å². The molecule has 1 amide bonds. The number of hydrogen-bond donors (Lipinski definition) is 2. The monoisotopic (exact) mass is 260 g/mol. The molecule has 0 saturated heterocycles. The summed E-state index contributed by atoms with van der Waals surface area (Å²) < 4.78 is 7.38. The lowest BCUT2D eigenvalue weighted by molar-refractivity contribution is 0.1000. The van der Waals surface area contributed by atoms with Gasteiger partial charge in [-0.2, -0.15) is 5.10 Å². The summed E-state index contributed by atoms with van der Waals surface area (Å²) in [6.07, 6.45) is 0. The first-order chi connectivity index (χ1) is 9.02. The highest BCUT2D eigenvalue weighted by Gasteiger charge is 2.14. The molecule has 2 aromatic rings. The third-order valence-electron chi connectivity index (χ3n) is 2.76. The van der Waals surface area contributed by atoms with Crippen LogP contribution < -0.4 is 16.2 Å². The molecule has 100 valence electrons. The summed E-state index contributed by atoms with van der Waals surface area (Å²) in [6, 6.07) is 6.63. The number of nitrogens with zero attached hydrogens (tertiary/aromatic N) is 2. The van der Waals surface area contributed by atoms with Crippen LogP contribution in [-0.4, -0.2) is 15.7 Å². The number of carbonyl (C=O) groups excluding carboxylic acids is 1. The number of nitrogens with two attached hydrogens (primary N) is 2. The number of amides is 1. The number of aryl methyl sites for hydroxylation is 2. The standard InChI is InChI=1S/C13H16N4O2/c1-3-17-13(11(14)8(2)16-17)19-10-6-4-5-9(7-10)12(15)18/h4-7H,3,14H2,1-2H3,(H2,15,18). The normalized spacial score (nSPS) is 10.4. The Morgan fingerprint density at radius 1 is 1.47 bits per heavy atom. The Hall–Kier alpha value is -2.50. The van der Waals surface area contributed by atoms with E-state index in [9.17, 15) is 4.79 Å². The smallest absolute Gasteiger partial charge is 0.248 e. The van der Waals surface area contributed by atoms with Gasteiger partial charge in [0.05, 0.1) is 5.69 Å². The highest BCUT2D eigenvalue weighted by Crippen LogP contribution is 2.30. The summed E-state index contributed by atoms with van der Waals surface area (Å²) in [7, 11) is 0. The minimum atomic E-state index is -0.501. The van der Waals surface area contributed by atoms with Crippen molar-refractivity contribution in [3.05, 3.63) is 35.5 Å². The molecule has 0 fully saturated rings. The predicted molar refractivity (Wildman–Crippen MR) is 72.1 cm³/mol. The molecule has 0 spiro atoms. The second-order valence-corrected chi connectivity index (χ2v) is 4.11. The second-order valence-electron chi connectivity index (χ2n) is 4.11. The van der Waals surface area contributed by atoms with Crippen LogP contribution in [0.5, 0.6) is 11.6 Å². The number of hydrogen-bond acceptors (Lipinski definition) is 4. The molecule has 1 heterocycles. The van der Waals surface area contributed by atoms with Gasteiger partial charge in [-0.15, -0.1) is 0 Å². The Morgan fingerprint density at radius 3 is 2.84 bits per heavy atom. The van der Waals surface area contributed by atoms with E-state index >= 15 is 0 Å². The molecule has 0 aliphatic heterocycles. The molecular formula is C13H16N4O2. The highest BCUT2D eigenvalue weighted by atomic mass is 16.5. The number of carbonyl (C=O) groups is 1. The van der Waals surface area contributed by atoms with Crippen molar-refractivity contribution in [3.8, 4) is 11.6 Å². The van der Waals surface area contributed by atoms with E-state index in [-0.39, 0.29) is 0 Å². The zero-order valence-electron chi connectivity index (χ0n) is 10.9. The Balaban J connectivity index is 2.36. The van der Waals surface area contributed by atoms with Gasteiger partial charge in [0.15, 0.2) is 0 Å². The highest BCUT2D eigenvalue weighted by molar-refractivity contribution is 5.93. The van der Waals surface area contributed by atoms with E-state index in [1.807, 2.05) is 13.8 Å². The van der Waals surface area contributed by atoms with E-state index < -0.39 is 5.91 Å². The average Bonchev–Trinajstić information content (AvgIpc) is 2.67. The Morgan fingerprint density at radius 2 is 2.21 bits per heavy atom. The predicted octanol–water partition coefficient (Wildman–Crippen LogP) is 1.68. The number of primary amides is 1. The molecule has 0 saturated carbocycles. The number of benzene rings is 1. The first-order valence-corrected chi connectivity index (χ1v) is 5.93. The van der Waals surface area contributed by atoms with E-state index in [4.69, 9.17) is 16.2 Å². The third kappa shape index (κ3) is 2.52. The Kier molecular flexibility index (Phi) is 3.41.